The van der Waals surface area contributed by atoms with E-state index in [1.165, 1.54) is 25.7 Å². The van der Waals surface area contributed by atoms with Crippen molar-refractivity contribution in [2.24, 2.45) is 0 Å². The molecule has 0 spiro atoms. The minimum absolute atomic E-state index is 0.278. The SMILES string of the molecule is CC=CCC(O)CCC(O)CCCCCCCCCCCC(=O)O. The van der Waals surface area contributed by atoms with Gasteiger partial charge in [0.25, 0.3) is 0 Å². The molecule has 142 valence electrons. The molecule has 0 aliphatic heterocycles. The van der Waals surface area contributed by atoms with Crippen LogP contribution in [0.1, 0.15) is 96.8 Å². The summed E-state index contributed by atoms with van der Waals surface area (Å²) in [5.41, 5.74) is 0. The Kier molecular flexibility index (Phi) is 16.4. The van der Waals surface area contributed by atoms with Crippen molar-refractivity contribution in [3.05, 3.63) is 12.2 Å². The molecule has 0 heterocycles. The summed E-state index contributed by atoms with van der Waals surface area (Å²) >= 11 is 0. The highest BCUT2D eigenvalue weighted by molar-refractivity contribution is 5.66. The van der Waals surface area contributed by atoms with E-state index in [1.807, 2.05) is 19.1 Å². The van der Waals surface area contributed by atoms with Crippen molar-refractivity contribution in [3.63, 3.8) is 0 Å². The molecule has 0 aliphatic carbocycles. The number of aliphatic carboxylic acids is 1. The molecule has 2 unspecified atom stereocenters. The van der Waals surface area contributed by atoms with E-state index >= 15 is 0 Å². The van der Waals surface area contributed by atoms with E-state index in [1.54, 1.807) is 0 Å². The Morgan fingerprint density at radius 3 is 1.83 bits per heavy atom. The fraction of sp³-hybridized carbons (Fsp3) is 0.850. The molecule has 0 saturated carbocycles. The maximum atomic E-state index is 10.4. The molecule has 3 N–H and O–H groups in total. The lowest BCUT2D eigenvalue weighted by Crippen LogP contribution is -2.12. The van der Waals surface area contributed by atoms with Crippen LogP contribution in [0.2, 0.25) is 0 Å². The summed E-state index contributed by atoms with van der Waals surface area (Å²) in [6, 6.07) is 0. The average Bonchev–Trinajstić information content (AvgIpc) is 2.55. The van der Waals surface area contributed by atoms with Crippen molar-refractivity contribution in [1.29, 1.82) is 0 Å². The van der Waals surface area contributed by atoms with Crippen LogP contribution in [0.15, 0.2) is 12.2 Å². The zero-order chi connectivity index (χ0) is 18.0. The predicted molar refractivity (Wildman–Crippen MR) is 99.1 cm³/mol. The second-order valence-electron chi connectivity index (χ2n) is 6.80. The van der Waals surface area contributed by atoms with Gasteiger partial charge in [0.2, 0.25) is 0 Å². The van der Waals surface area contributed by atoms with Crippen LogP contribution in [0.25, 0.3) is 0 Å². The third kappa shape index (κ3) is 17.5. The molecule has 24 heavy (non-hydrogen) atoms. The topological polar surface area (TPSA) is 77.8 Å². The number of unbranched alkanes of at least 4 members (excludes halogenated alkanes) is 8. The van der Waals surface area contributed by atoms with Crippen LogP contribution < -0.4 is 0 Å². The normalized spacial score (nSPS) is 14.1. The van der Waals surface area contributed by atoms with E-state index in [2.05, 4.69) is 0 Å². The van der Waals surface area contributed by atoms with Crippen LogP contribution in [0.4, 0.5) is 0 Å². The second-order valence-corrected chi connectivity index (χ2v) is 6.80. The van der Waals surface area contributed by atoms with Gasteiger partial charge in [-0.2, -0.15) is 0 Å². The molecular weight excluding hydrogens is 304 g/mol. The minimum atomic E-state index is -0.690. The first kappa shape index (κ1) is 23.1. The van der Waals surface area contributed by atoms with Crippen LogP contribution in [0.3, 0.4) is 0 Å². The minimum Gasteiger partial charge on any atom is -0.481 e. The number of carboxylic acid groups (broad SMARTS) is 1. The van der Waals surface area contributed by atoms with Gasteiger partial charge in [0.1, 0.15) is 0 Å². The number of carboxylic acids is 1. The van der Waals surface area contributed by atoms with Gasteiger partial charge in [-0.1, -0.05) is 63.5 Å². The highest BCUT2D eigenvalue weighted by Gasteiger charge is 2.08. The summed E-state index contributed by atoms with van der Waals surface area (Å²) in [4.78, 5) is 10.4. The Bertz CT molecular complexity index is 315. The van der Waals surface area contributed by atoms with E-state index in [4.69, 9.17) is 5.11 Å². The molecule has 0 rings (SSSR count). The molecule has 0 bridgehead atoms. The summed E-state index contributed by atoms with van der Waals surface area (Å²) in [6.07, 6.45) is 16.5. The maximum absolute atomic E-state index is 10.4. The first-order chi connectivity index (χ1) is 11.6. The number of hydrogen-bond acceptors (Lipinski definition) is 3. The smallest absolute Gasteiger partial charge is 0.303 e. The monoisotopic (exact) mass is 342 g/mol. The molecule has 0 aromatic rings. The number of allylic oxidation sites excluding steroid dienone is 1. The number of rotatable bonds is 17. The fourth-order valence-electron chi connectivity index (χ4n) is 2.83. The highest BCUT2D eigenvalue weighted by Crippen LogP contribution is 2.14. The maximum Gasteiger partial charge on any atom is 0.303 e. The largest absolute Gasteiger partial charge is 0.481 e. The standard InChI is InChI=1S/C20H38O4/c1-2-3-13-18(21)16-17-19(22)14-11-9-7-5-4-6-8-10-12-15-20(23)24/h2-3,18-19,21-22H,4-17H2,1H3,(H,23,24). The lowest BCUT2D eigenvalue weighted by atomic mass is 10.0. The van der Waals surface area contributed by atoms with Gasteiger partial charge < -0.3 is 15.3 Å². The average molecular weight is 343 g/mol. The Morgan fingerprint density at radius 2 is 1.29 bits per heavy atom. The Morgan fingerprint density at radius 1 is 0.792 bits per heavy atom. The Labute approximate surface area is 148 Å². The first-order valence-electron chi connectivity index (χ1n) is 9.75. The van der Waals surface area contributed by atoms with Gasteiger partial charge in [-0.3, -0.25) is 4.79 Å². The zero-order valence-corrected chi connectivity index (χ0v) is 15.5. The molecular formula is C20H38O4. The molecule has 0 amide bonds. The van der Waals surface area contributed by atoms with Crippen molar-refractivity contribution in [2.45, 2.75) is 109 Å². The molecule has 4 heteroatoms. The highest BCUT2D eigenvalue weighted by atomic mass is 16.4. The van der Waals surface area contributed by atoms with E-state index in [-0.39, 0.29) is 12.2 Å². The molecule has 0 aromatic carbocycles. The van der Waals surface area contributed by atoms with Crippen molar-refractivity contribution >= 4 is 5.97 Å². The van der Waals surface area contributed by atoms with E-state index in [0.717, 1.165) is 38.5 Å². The third-order valence-corrected chi connectivity index (χ3v) is 4.40. The van der Waals surface area contributed by atoms with E-state index in [9.17, 15) is 15.0 Å². The third-order valence-electron chi connectivity index (χ3n) is 4.40. The van der Waals surface area contributed by atoms with Crippen LogP contribution in [-0.4, -0.2) is 33.5 Å². The number of aliphatic hydroxyl groups excluding tert-OH is 2. The van der Waals surface area contributed by atoms with Crippen LogP contribution in [0, 0.1) is 0 Å². The van der Waals surface area contributed by atoms with Crippen molar-refractivity contribution in [3.8, 4) is 0 Å². The first-order valence-corrected chi connectivity index (χ1v) is 9.75. The molecule has 0 fully saturated rings. The summed E-state index contributed by atoms with van der Waals surface area (Å²) in [5.74, 6) is -0.690. The summed E-state index contributed by atoms with van der Waals surface area (Å²) in [7, 11) is 0. The van der Waals surface area contributed by atoms with Crippen molar-refractivity contribution in [1.82, 2.24) is 0 Å². The summed E-state index contributed by atoms with van der Waals surface area (Å²) < 4.78 is 0. The van der Waals surface area contributed by atoms with Crippen molar-refractivity contribution < 1.29 is 20.1 Å². The lowest BCUT2D eigenvalue weighted by molar-refractivity contribution is -0.137. The quantitative estimate of drug-likeness (QED) is 0.261. The van der Waals surface area contributed by atoms with Crippen molar-refractivity contribution in [2.75, 3.05) is 0 Å². The van der Waals surface area contributed by atoms with Crippen LogP contribution in [0.5, 0.6) is 0 Å². The van der Waals surface area contributed by atoms with E-state index < -0.39 is 5.97 Å². The molecule has 0 aromatic heterocycles. The summed E-state index contributed by atoms with van der Waals surface area (Å²) in [5, 5.41) is 28.2. The van der Waals surface area contributed by atoms with Gasteiger partial charge >= 0.3 is 5.97 Å². The van der Waals surface area contributed by atoms with Gasteiger partial charge in [0.15, 0.2) is 0 Å². The molecule has 4 nitrogen and oxygen atoms in total. The summed E-state index contributed by atoms with van der Waals surface area (Å²) in [6.45, 7) is 1.95. The molecule has 0 aliphatic rings. The number of hydrogen-bond donors (Lipinski definition) is 3. The van der Waals surface area contributed by atoms with Gasteiger partial charge in [-0.05, 0) is 39.0 Å². The zero-order valence-electron chi connectivity index (χ0n) is 15.5. The predicted octanol–water partition coefficient (Wildman–Crippen LogP) is 4.83. The Balaban J connectivity index is 3.27. The number of aliphatic hydroxyl groups is 2. The molecule has 0 radical (unpaired) electrons. The fourth-order valence-corrected chi connectivity index (χ4v) is 2.83. The Hall–Kier alpha value is -0.870. The number of carbonyl (C=O) groups is 1. The van der Waals surface area contributed by atoms with Gasteiger partial charge in [0.05, 0.1) is 12.2 Å². The van der Waals surface area contributed by atoms with Gasteiger partial charge in [-0.25, -0.2) is 0 Å². The second kappa shape index (κ2) is 17.0. The van der Waals surface area contributed by atoms with Gasteiger partial charge in [-0.15, -0.1) is 0 Å². The van der Waals surface area contributed by atoms with Gasteiger partial charge in [0, 0.05) is 6.42 Å². The van der Waals surface area contributed by atoms with Crippen LogP contribution in [-0.2, 0) is 4.79 Å². The van der Waals surface area contributed by atoms with E-state index in [0.29, 0.717) is 25.7 Å². The molecule has 0 saturated heterocycles. The molecule has 2 atom stereocenters. The van der Waals surface area contributed by atoms with Crippen LogP contribution >= 0.6 is 0 Å². The lowest BCUT2D eigenvalue weighted by Gasteiger charge is -2.13.